The number of aliphatic hydroxyl groups excluding tert-OH is 2. The number of fused-ring (bicyclic) bond motifs is 5. The van der Waals surface area contributed by atoms with Crippen LogP contribution in [-0.2, 0) is 4.79 Å². The number of carbonyl (C=O) groups is 1. The molecule has 0 radical (unpaired) electrons. The highest BCUT2D eigenvalue weighted by Gasteiger charge is 2.69. The average molecular weight is 395 g/mol. The minimum Gasteiger partial charge on any atom is -0.392 e. The molecule has 0 bridgehead atoms. The van der Waals surface area contributed by atoms with Crippen LogP contribution < -0.4 is 0 Å². The monoisotopic (exact) mass is 394 g/mol. The van der Waals surface area contributed by atoms with E-state index in [9.17, 15) is 15.0 Å². The minimum atomic E-state index is -0.546. The molecule has 4 heteroatoms. The van der Waals surface area contributed by atoms with E-state index in [1.165, 1.54) is 0 Å². The molecule has 0 unspecified atom stereocenters. The molecule has 0 aromatic rings. The minimum absolute atomic E-state index is 0.0528. The van der Waals surface area contributed by atoms with Gasteiger partial charge in [0.05, 0.1) is 16.5 Å². The zero-order valence-corrected chi connectivity index (χ0v) is 16.2. The van der Waals surface area contributed by atoms with Crippen molar-refractivity contribution in [3.05, 3.63) is 23.8 Å². The maximum atomic E-state index is 11.9. The van der Waals surface area contributed by atoms with Gasteiger partial charge in [-0.1, -0.05) is 48.4 Å². The molecule has 0 amide bonds. The smallest absolute Gasteiger partial charge is 0.178 e. The molecule has 132 valence electrons. The lowest BCUT2D eigenvalue weighted by Crippen LogP contribution is -2.66. The van der Waals surface area contributed by atoms with Crippen LogP contribution in [0, 0.1) is 28.6 Å². The first kappa shape index (κ1) is 17.0. The van der Waals surface area contributed by atoms with Crippen LogP contribution in [0.25, 0.3) is 0 Å². The van der Waals surface area contributed by atoms with Gasteiger partial charge in [-0.05, 0) is 61.0 Å². The molecule has 3 fully saturated rings. The Morgan fingerprint density at radius 3 is 2.67 bits per heavy atom. The van der Waals surface area contributed by atoms with Crippen molar-refractivity contribution in [2.24, 2.45) is 28.6 Å². The van der Waals surface area contributed by atoms with Gasteiger partial charge in [0.1, 0.15) is 0 Å². The van der Waals surface area contributed by atoms with Crippen LogP contribution in [0.4, 0.5) is 0 Å². The van der Waals surface area contributed by atoms with Gasteiger partial charge in [-0.25, -0.2) is 0 Å². The second kappa shape index (κ2) is 5.05. The summed E-state index contributed by atoms with van der Waals surface area (Å²) in [6, 6.07) is 0. The van der Waals surface area contributed by atoms with Crippen LogP contribution >= 0.6 is 15.9 Å². The Labute approximate surface area is 152 Å². The van der Waals surface area contributed by atoms with Gasteiger partial charge in [0.15, 0.2) is 5.78 Å². The highest BCUT2D eigenvalue weighted by molar-refractivity contribution is 9.10. The number of allylic oxidation sites excluding steroid dienone is 4. The molecule has 8 atom stereocenters. The zero-order chi connectivity index (χ0) is 17.5. The van der Waals surface area contributed by atoms with Crippen LogP contribution in [0.2, 0.25) is 0 Å². The van der Waals surface area contributed by atoms with E-state index in [2.05, 4.69) is 36.7 Å². The topological polar surface area (TPSA) is 57.5 Å². The van der Waals surface area contributed by atoms with Gasteiger partial charge in [0, 0.05) is 5.41 Å². The van der Waals surface area contributed by atoms with E-state index < -0.39 is 10.4 Å². The van der Waals surface area contributed by atoms with E-state index in [-0.39, 0.29) is 28.6 Å². The average Bonchev–Trinajstić information content (AvgIpc) is 2.74. The van der Waals surface area contributed by atoms with Gasteiger partial charge in [-0.3, -0.25) is 4.79 Å². The van der Waals surface area contributed by atoms with Gasteiger partial charge in [0.25, 0.3) is 0 Å². The molecule has 0 saturated heterocycles. The Morgan fingerprint density at radius 1 is 1.25 bits per heavy atom. The van der Waals surface area contributed by atoms with Gasteiger partial charge < -0.3 is 10.2 Å². The highest BCUT2D eigenvalue weighted by Crippen LogP contribution is 2.69. The van der Waals surface area contributed by atoms with Gasteiger partial charge >= 0.3 is 0 Å². The molecule has 4 rings (SSSR count). The molecule has 0 spiro atoms. The highest BCUT2D eigenvalue weighted by atomic mass is 79.9. The molecule has 4 aliphatic rings. The largest absolute Gasteiger partial charge is 0.392 e. The second-order valence-corrected chi connectivity index (χ2v) is 10.3. The summed E-state index contributed by atoms with van der Waals surface area (Å²) in [5, 5.41) is 22.0. The van der Waals surface area contributed by atoms with E-state index in [4.69, 9.17) is 0 Å². The van der Waals surface area contributed by atoms with Crippen LogP contribution in [0.5, 0.6) is 0 Å². The molecule has 2 N–H and O–H groups in total. The first-order valence-corrected chi connectivity index (χ1v) is 9.93. The van der Waals surface area contributed by atoms with Crippen molar-refractivity contribution in [2.75, 3.05) is 0 Å². The molecule has 0 heterocycles. The summed E-state index contributed by atoms with van der Waals surface area (Å²) in [5.41, 5.74) is 0.575. The predicted molar refractivity (Wildman–Crippen MR) is 96.7 cm³/mol. The number of ketones is 1. The Bertz CT molecular complexity index is 655. The summed E-state index contributed by atoms with van der Waals surface area (Å²) < 4.78 is -0.463. The maximum Gasteiger partial charge on any atom is 0.178 e. The summed E-state index contributed by atoms with van der Waals surface area (Å²) in [5.74, 6) is 1.02. The third-order valence-corrected chi connectivity index (χ3v) is 9.86. The molecule has 4 aliphatic carbocycles. The normalized spacial score (nSPS) is 56.3. The molecule has 0 aromatic heterocycles. The zero-order valence-electron chi connectivity index (χ0n) is 14.6. The van der Waals surface area contributed by atoms with E-state index in [0.717, 1.165) is 24.8 Å². The molecule has 24 heavy (non-hydrogen) atoms. The molecular formula is C20H27BrO3. The summed E-state index contributed by atoms with van der Waals surface area (Å²) in [4.78, 5) is 11.9. The SMILES string of the molecule is C[C@H]1C[C@H]2[C@@H]3CCC4=CC(=O)C=C[C@]4(C)[C@@]3(Br)[C@@H](O)C[C@]2(C)[C@@H]1O. The predicted octanol–water partition coefficient (Wildman–Crippen LogP) is 3.39. The van der Waals surface area contributed by atoms with Crippen molar-refractivity contribution in [1.29, 1.82) is 0 Å². The van der Waals surface area contributed by atoms with Crippen molar-refractivity contribution in [3.63, 3.8) is 0 Å². The Balaban J connectivity index is 1.83. The molecular weight excluding hydrogens is 368 g/mol. The van der Waals surface area contributed by atoms with Crippen LogP contribution in [0.1, 0.15) is 46.5 Å². The summed E-state index contributed by atoms with van der Waals surface area (Å²) >= 11 is 4.02. The summed E-state index contributed by atoms with van der Waals surface area (Å²) in [7, 11) is 0. The van der Waals surface area contributed by atoms with Crippen molar-refractivity contribution >= 4 is 21.7 Å². The first-order chi connectivity index (χ1) is 11.1. The lowest BCUT2D eigenvalue weighted by Gasteiger charge is -2.63. The van der Waals surface area contributed by atoms with E-state index in [1.807, 2.05) is 6.08 Å². The van der Waals surface area contributed by atoms with Gasteiger partial charge in [-0.2, -0.15) is 0 Å². The first-order valence-electron chi connectivity index (χ1n) is 9.14. The fourth-order valence-corrected chi connectivity index (χ4v) is 7.65. The van der Waals surface area contributed by atoms with Crippen molar-refractivity contribution in [2.45, 2.75) is 63.0 Å². The number of hydrogen-bond donors (Lipinski definition) is 2. The Morgan fingerprint density at radius 2 is 1.96 bits per heavy atom. The van der Waals surface area contributed by atoms with Gasteiger partial charge in [0.2, 0.25) is 0 Å². The number of rotatable bonds is 0. The molecule has 0 aliphatic heterocycles. The summed E-state index contributed by atoms with van der Waals surface area (Å²) in [6.07, 6.45) is 8.02. The van der Waals surface area contributed by atoms with E-state index >= 15 is 0 Å². The van der Waals surface area contributed by atoms with Crippen LogP contribution in [0.15, 0.2) is 23.8 Å². The molecule has 3 saturated carbocycles. The van der Waals surface area contributed by atoms with Crippen molar-refractivity contribution < 1.29 is 15.0 Å². The number of aliphatic hydroxyl groups is 2. The van der Waals surface area contributed by atoms with Crippen molar-refractivity contribution in [1.82, 2.24) is 0 Å². The number of halogens is 1. The third kappa shape index (κ3) is 1.83. The Kier molecular flexibility index (Phi) is 3.57. The number of alkyl halides is 1. The number of hydrogen-bond acceptors (Lipinski definition) is 3. The van der Waals surface area contributed by atoms with Gasteiger partial charge in [-0.15, -0.1) is 0 Å². The third-order valence-electron chi connectivity index (χ3n) is 7.92. The second-order valence-electron chi connectivity index (χ2n) is 9.01. The quantitative estimate of drug-likeness (QED) is 0.619. The van der Waals surface area contributed by atoms with Crippen LogP contribution in [0.3, 0.4) is 0 Å². The standard InChI is InChI=1S/C20H27BrO3/c1-11-8-15-14-5-4-12-9-13(22)6-7-19(12,3)20(14,21)16(23)10-18(15,2)17(11)24/h6-7,9,11,14-17,23-24H,4-5,8,10H2,1-3H3/t11-,14-,15-,16-,17+,18-,19-,20-/m0/s1. The number of carbonyl (C=O) groups excluding carboxylic acids is 1. The van der Waals surface area contributed by atoms with E-state index in [0.29, 0.717) is 18.3 Å². The Hall–Kier alpha value is -0.450. The lowest BCUT2D eigenvalue weighted by atomic mass is 9.47. The fraction of sp³-hybridized carbons (Fsp3) is 0.750. The molecule has 0 aromatic carbocycles. The fourth-order valence-electron chi connectivity index (χ4n) is 6.55. The lowest BCUT2D eigenvalue weighted by molar-refractivity contribution is -0.115. The van der Waals surface area contributed by atoms with Crippen LogP contribution in [-0.4, -0.2) is 32.5 Å². The maximum absolute atomic E-state index is 11.9. The van der Waals surface area contributed by atoms with Crippen molar-refractivity contribution in [3.8, 4) is 0 Å². The van der Waals surface area contributed by atoms with E-state index in [1.54, 1.807) is 12.2 Å². The summed E-state index contributed by atoms with van der Waals surface area (Å²) in [6.45, 7) is 6.45. The molecule has 3 nitrogen and oxygen atoms in total.